The fraction of sp³-hybridized carbons (Fsp3) is 0.320. The Morgan fingerprint density at radius 3 is 2.62 bits per heavy atom. The number of hydrogen-bond donors (Lipinski definition) is 1. The van der Waals surface area contributed by atoms with Crippen LogP contribution in [0.1, 0.15) is 31.2 Å². The van der Waals surface area contributed by atoms with Crippen LogP contribution >= 0.6 is 23.2 Å². The van der Waals surface area contributed by atoms with Gasteiger partial charge in [0.25, 0.3) is 0 Å². The highest BCUT2D eigenvalue weighted by molar-refractivity contribution is 6.36. The van der Waals surface area contributed by atoms with Gasteiger partial charge in [-0.05, 0) is 51.1 Å². The summed E-state index contributed by atoms with van der Waals surface area (Å²) in [6.45, 7) is 7.51. The highest BCUT2D eigenvalue weighted by Crippen LogP contribution is 2.36. The molecule has 176 valence electrons. The van der Waals surface area contributed by atoms with Crippen molar-refractivity contribution in [3.8, 4) is 17.0 Å². The maximum Gasteiger partial charge on any atom is 0.128 e. The number of fused-ring (bicyclic) bond motifs is 1. The van der Waals surface area contributed by atoms with E-state index in [0.717, 1.165) is 46.6 Å². The smallest absolute Gasteiger partial charge is 0.128 e. The average molecular weight is 498 g/mol. The second kappa shape index (κ2) is 8.73. The molecular formula is C25H25Cl2N5O2. The summed E-state index contributed by atoms with van der Waals surface area (Å²) in [6.07, 6.45) is 3.09. The summed E-state index contributed by atoms with van der Waals surface area (Å²) in [5.74, 6) is 1.62. The number of rotatable bonds is 6. The molecule has 1 aliphatic heterocycles. The first-order valence-electron chi connectivity index (χ1n) is 11.0. The van der Waals surface area contributed by atoms with Crippen LogP contribution in [-0.2, 0) is 4.74 Å². The Kier molecular flexibility index (Phi) is 5.88. The van der Waals surface area contributed by atoms with E-state index in [0.29, 0.717) is 21.5 Å². The van der Waals surface area contributed by atoms with Crippen LogP contribution in [0, 0.1) is 6.92 Å². The van der Waals surface area contributed by atoms with Gasteiger partial charge in [0, 0.05) is 49.1 Å². The number of anilines is 1. The maximum atomic E-state index is 6.46. The molecule has 0 unspecified atom stereocenters. The van der Waals surface area contributed by atoms with E-state index in [9.17, 15) is 0 Å². The maximum absolute atomic E-state index is 6.46. The topological polar surface area (TPSA) is 76.2 Å². The Balaban J connectivity index is 1.39. The number of nitrogens with one attached hydrogen (secondary N) is 1. The van der Waals surface area contributed by atoms with Crippen LogP contribution in [0.3, 0.4) is 0 Å². The molecule has 9 heteroatoms. The molecule has 1 saturated heterocycles. The predicted octanol–water partition coefficient (Wildman–Crippen LogP) is 6.00. The molecule has 1 aromatic carbocycles. The van der Waals surface area contributed by atoms with Crippen molar-refractivity contribution in [1.29, 1.82) is 0 Å². The number of nitrogens with zero attached hydrogens (tertiary/aromatic N) is 4. The van der Waals surface area contributed by atoms with Crippen molar-refractivity contribution in [2.75, 3.05) is 25.1 Å². The molecule has 0 amide bonds. The minimum absolute atomic E-state index is 0.101. The summed E-state index contributed by atoms with van der Waals surface area (Å²) < 4.78 is 11.7. The summed E-state index contributed by atoms with van der Waals surface area (Å²) in [6, 6.07) is 9.87. The van der Waals surface area contributed by atoms with Crippen molar-refractivity contribution in [2.24, 2.45) is 0 Å². The lowest BCUT2D eigenvalue weighted by atomic mass is 9.96. The molecule has 7 nitrogen and oxygen atoms in total. The molecule has 0 spiro atoms. The first-order valence-corrected chi connectivity index (χ1v) is 11.8. The lowest BCUT2D eigenvalue weighted by molar-refractivity contribution is -0.0171. The third-order valence-electron chi connectivity index (χ3n) is 6.33. The molecular weight excluding hydrogens is 473 g/mol. The molecule has 3 aromatic heterocycles. The van der Waals surface area contributed by atoms with Crippen molar-refractivity contribution in [2.45, 2.75) is 32.5 Å². The third kappa shape index (κ3) is 4.08. The lowest BCUT2D eigenvalue weighted by Gasteiger charge is -2.47. The minimum Gasteiger partial charge on any atom is -0.486 e. The largest absolute Gasteiger partial charge is 0.486 e. The van der Waals surface area contributed by atoms with E-state index in [2.05, 4.69) is 32.0 Å². The number of benzene rings is 1. The van der Waals surface area contributed by atoms with Crippen LogP contribution in [0.5, 0.6) is 5.75 Å². The number of halogens is 2. The van der Waals surface area contributed by atoms with Gasteiger partial charge in [0.2, 0.25) is 0 Å². The Bertz CT molecular complexity index is 1350. The van der Waals surface area contributed by atoms with E-state index in [1.807, 2.05) is 50.4 Å². The monoisotopic (exact) mass is 497 g/mol. The number of aryl methyl sites for hydroxylation is 1. The first-order chi connectivity index (χ1) is 16.3. The van der Waals surface area contributed by atoms with Crippen LogP contribution in [-0.4, -0.2) is 46.0 Å². The molecule has 0 bridgehead atoms. The standard InChI is InChI=1S/C25H25Cl2N5O2/c1-14-23(27)22(19(26)11-28-14)15(2)34-17-6-7-20-18(9-17)24(31-30-20)16-5-8-21(29-10-16)32-12-25(3,13-32)33-4/h5-11,15H,12-13H2,1-4H3,(H,30,31)/t15-/m1/s1. The van der Waals surface area contributed by atoms with Gasteiger partial charge in [0.15, 0.2) is 0 Å². The van der Waals surface area contributed by atoms with Gasteiger partial charge >= 0.3 is 0 Å². The zero-order valence-corrected chi connectivity index (χ0v) is 20.9. The fourth-order valence-electron chi connectivity index (χ4n) is 4.27. The Hall–Kier alpha value is -2.87. The van der Waals surface area contributed by atoms with Crippen molar-refractivity contribution in [3.05, 3.63) is 64.0 Å². The lowest BCUT2D eigenvalue weighted by Crippen LogP contribution is -2.61. The molecule has 34 heavy (non-hydrogen) atoms. The third-order valence-corrected chi connectivity index (χ3v) is 7.10. The van der Waals surface area contributed by atoms with E-state index in [-0.39, 0.29) is 11.7 Å². The van der Waals surface area contributed by atoms with E-state index < -0.39 is 0 Å². The quantitative estimate of drug-likeness (QED) is 0.352. The number of aromatic nitrogens is 4. The number of pyridine rings is 2. The predicted molar refractivity (Wildman–Crippen MR) is 135 cm³/mol. The first kappa shape index (κ1) is 22.9. The normalized spacial score (nSPS) is 15.9. The van der Waals surface area contributed by atoms with E-state index in [4.69, 9.17) is 32.7 Å². The van der Waals surface area contributed by atoms with Gasteiger partial charge in [0.05, 0.1) is 26.9 Å². The molecule has 1 N–H and O–H groups in total. The summed E-state index contributed by atoms with van der Waals surface area (Å²) in [4.78, 5) is 11.0. The molecule has 1 atom stereocenters. The second-order valence-corrected chi connectivity index (χ2v) is 9.66. The van der Waals surface area contributed by atoms with E-state index in [1.54, 1.807) is 13.3 Å². The van der Waals surface area contributed by atoms with Crippen LogP contribution < -0.4 is 9.64 Å². The molecule has 5 rings (SSSR count). The van der Waals surface area contributed by atoms with Gasteiger partial charge in [0.1, 0.15) is 23.4 Å². The average Bonchev–Trinajstić information content (AvgIpc) is 3.23. The molecule has 0 saturated carbocycles. The van der Waals surface area contributed by atoms with Gasteiger partial charge in [-0.2, -0.15) is 5.10 Å². The number of ether oxygens (including phenoxy) is 2. The van der Waals surface area contributed by atoms with Crippen LogP contribution in [0.15, 0.2) is 42.7 Å². The number of H-pyrrole nitrogens is 1. The van der Waals surface area contributed by atoms with Crippen molar-refractivity contribution in [1.82, 2.24) is 20.2 Å². The second-order valence-electron chi connectivity index (χ2n) is 8.87. The summed E-state index contributed by atoms with van der Waals surface area (Å²) in [7, 11) is 1.75. The van der Waals surface area contributed by atoms with Crippen LogP contribution in [0.2, 0.25) is 10.0 Å². The van der Waals surface area contributed by atoms with Crippen LogP contribution in [0.4, 0.5) is 5.82 Å². The van der Waals surface area contributed by atoms with Gasteiger partial charge in [-0.15, -0.1) is 0 Å². The molecule has 1 fully saturated rings. The van der Waals surface area contributed by atoms with E-state index >= 15 is 0 Å². The highest BCUT2D eigenvalue weighted by atomic mass is 35.5. The van der Waals surface area contributed by atoms with Crippen molar-refractivity contribution < 1.29 is 9.47 Å². The minimum atomic E-state index is -0.357. The zero-order valence-electron chi connectivity index (χ0n) is 19.4. The molecule has 0 radical (unpaired) electrons. The molecule has 1 aliphatic rings. The van der Waals surface area contributed by atoms with Gasteiger partial charge in [-0.3, -0.25) is 10.1 Å². The Morgan fingerprint density at radius 1 is 1.12 bits per heavy atom. The number of hydrogen-bond acceptors (Lipinski definition) is 6. The van der Waals surface area contributed by atoms with Gasteiger partial charge in [-0.25, -0.2) is 4.98 Å². The van der Waals surface area contributed by atoms with Gasteiger partial charge in [-0.1, -0.05) is 23.2 Å². The molecule has 0 aliphatic carbocycles. The Morgan fingerprint density at radius 2 is 1.91 bits per heavy atom. The molecule has 4 aromatic rings. The SMILES string of the molecule is COC1(C)CN(c2ccc(-c3n[nH]c4ccc(O[C@H](C)c5c(Cl)cnc(C)c5Cl)cc34)cn2)C1. The number of aromatic amines is 1. The Labute approximate surface area is 208 Å². The van der Waals surface area contributed by atoms with Crippen molar-refractivity contribution >= 4 is 39.9 Å². The van der Waals surface area contributed by atoms with Crippen molar-refractivity contribution in [3.63, 3.8) is 0 Å². The van der Waals surface area contributed by atoms with Crippen LogP contribution in [0.25, 0.3) is 22.2 Å². The zero-order chi connectivity index (χ0) is 24.0. The fourth-order valence-corrected chi connectivity index (χ4v) is 4.92. The number of methoxy groups -OCH3 is 1. The summed E-state index contributed by atoms with van der Waals surface area (Å²) in [5.41, 5.74) is 3.98. The summed E-state index contributed by atoms with van der Waals surface area (Å²) in [5, 5.41) is 9.56. The molecule has 4 heterocycles. The van der Waals surface area contributed by atoms with E-state index in [1.165, 1.54) is 0 Å². The van der Waals surface area contributed by atoms with Gasteiger partial charge < -0.3 is 14.4 Å². The summed E-state index contributed by atoms with van der Waals surface area (Å²) >= 11 is 12.8. The highest BCUT2D eigenvalue weighted by Gasteiger charge is 2.39.